The SMILES string of the molecule is COc1cc2c(cc1OC)C(C(C)N1C(=O)CCC1=O)=NCC2. The van der Waals surface area contributed by atoms with Crippen LogP contribution in [0.5, 0.6) is 11.5 Å². The molecule has 1 aromatic carbocycles. The standard InChI is InChI=1S/C17H20N2O4/c1-10(19-15(20)4-5-16(19)21)17-12-9-14(23-3)13(22-2)8-11(12)6-7-18-17/h8-10H,4-7H2,1-3H3. The average Bonchev–Trinajstić information content (AvgIpc) is 2.90. The molecule has 0 bridgehead atoms. The molecule has 0 saturated carbocycles. The largest absolute Gasteiger partial charge is 0.493 e. The fourth-order valence-electron chi connectivity index (χ4n) is 3.25. The summed E-state index contributed by atoms with van der Waals surface area (Å²) in [5.41, 5.74) is 2.78. The first kappa shape index (κ1) is 15.5. The van der Waals surface area contributed by atoms with Crippen LogP contribution < -0.4 is 9.47 Å². The third-order valence-corrected chi connectivity index (χ3v) is 4.42. The molecule has 2 aliphatic heterocycles. The van der Waals surface area contributed by atoms with Crippen LogP contribution in [0.25, 0.3) is 0 Å². The Balaban J connectivity index is 2.01. The van der Waals surface area contributed by atoms with Crippen molar-refractivity contribution in [1.82, 2.24) is 4.90 Å². The zero-order chi connectivity index (χ0) is 16.6. The van der Waals surface area contributed by atoms with E-state index in [9.17, 15) is 9.59 Å². The van der Waals surface area contributed by atoms with Crippen LogP contribution in [0.15, 0.2) is 17.1 Å². The molecule has 2 amide bonds. The highest BCUT2D eigenvalue weighted by atomic mass is 16.5. The van der Waals surface area contributed by atoms with E-state index in [-0.39, 0.29) is 30.7 Å². The van der Waals surface area contributed by atoms with E-state index < -0.39 is 0 Å². The number of carbonyl (C=O) groups is 2. The Bertz CT molecular complexity index is 680. The van der Waals surface area contributed by atoms with E-state index in [1.807, 2.05) is 19.1 Å². The van der Waals surface area contributed by atoms with Gasteiger partial charge in [-0.05, 0) is 31.0 Å². The van der Waals surface area contributed by atoms with Gasteiger partial charge in [-0.25, -0.2) is 0 Å². The molecule has 3 rings (SSSR count). The summed E-state index contributed by atoms with van der Waals surface area (Å²) in [5.74, 6) is 1.04. The lowest BCUT2D eigenvalue weighted by atomic mass is 9.93. The van der Waals surface area contributed by atoms with Gasteiger partial charge in [0.05, 0.1) is 26.0 Å². The Morgan fingerprint density at radius 2 is 1.65 bits per heavy atom. The molecule has 122 valence electrons. The molecular weight excluding hydrogens is 296 g/mol. The maximum atomic E-state index is 12.0. The number of nitrogens with zero attached hydrogens (tertiary/aromatic N) is 2. The van der Waals surface area contributed by atoms with Gasteiger partial charge in [0.25, 0.3) is 0 Å². The number of likely N-dealkylation sites (tertiary alicyclic amines) is 1. The van der Waals surface area contributed by atoms with Gasteiger partial charge in [-0.2, -0.15) is 0 Å². The second kappa shape index (κ2) is 6.02. The molecule has 1 fully saturated rings. The fraction of sp³-hybridized carbons (Fsp3) is 0.471. The van der Waals surface area contributed by atoms with E-state index in [4.69, 9.17) is 9.47 Å². The minimum atomic E-state index is -0.366. The lowest BCUT2D eigenvalue weighted by molar-refractivity contribution is -0.139. The van der Waals surface area contributed by atoms with Crippen LogP contribution in [0, 0.1) is 0 Å². The van der Waals surface area contributed by atoms with Crippen LogP contribution in [0.1, 0.15) is 30.9 Å². The van der Waals surface area contributed by atoms with Gasteiger partial charge < -0.3 is 9.47 Å². The second-order valence-electron chi connectivity index (χ2n) is 5.71. The van der Waals surface area contributed by atoms with Gasteiger partial charge in [0.15, 0.2) is 11.5 Å². The molecular formula is C17H20N2O4. The second-order valence-corrected chi connectivity index (χ2v) is 5.71. The topological polar surface area (TPSA) is 68.2 Å². The predicted molar refractivity (Wildman–Crippen MR) is 85.2 cm³/mol. The molecule has 0 N–H and O–H groups in total. The molecule has 23 heavy (non-hydrogen) atoms. The third kappa shape index (κ3) is 2.58. The summed E-state index contributed by atoms with van der Waals surface area (Å²) >= 11 is 0. The number of ether oxygens (including phenoxy) is 2. The number of carbonyl (C=O) groups excluding carboxylic acids is 2. The van der Waals surface area contributed by atoms with E-state index in [0.717, 1.165) is 23.3 Å². The maximum Gasteiger partial charge on any atom is 0.230 e. The van der Waals surface area contributed by atoms with Crippen molar-refractivity contribution in [2.24, 2.45) is 4.99 Å². The zero-order valence-electron chi connectivity index (χ0n) is 13.6. The van der Waals surface area contributed by atoms with Crippen LogP contribution >= 0.6 is 0 Å². The normalized spacial score (nSPS) is 18.6. The van der Waals surface area contributed by atoms with E-state index in [1.165, 1.54) is 4.90 Å². The highest BCUT2D eigenvalue weighted by Crippen LogP contribution is 2.34. The molecule has 0 spiro atoms. The first-order valence-electron chi connectivity index (χ1n) is 7.71. The first-order chi connectivity index (χ1) is 11.1. The maximum absolute atomic E-state index is 12.0. The quantitative estimate of drug-likeness (QED) is 0.791. The molecule has 0 aliphatic carbocycles. The average molecular weight is 316 g/mol. The molecule has 6 nitrogen and oxygen atoms in total. The van der Waals surface area contributed by atoms with Crippen LogP contribution in [-0.4, -0.2) is 49.2 Å². The van der Waals surface area contributed by atoms with Gasteiger partial charge in [-0.1, -0.05) is 0 Å². The van der Waals surface area contributed by atoms with Gasteiger partial charge in [0.1, 0.15) is 0 Å². The highest BCUT2D eigenvalue weighted by molar-refractivity contribution is 6.12. The van der Waals surface area contributed by atoms with Gasteiger partial charge >= 0.3 is 0 Å². The molecule has 1 saturated heterocycles. The summed E-state index contributed by atoms with van der Waals surface area (Å²) in [6, 6.07) is 3.46. The minimum absolute atomic E-state index is 0.127. The molecule has 2 heterocycles. The number of hydrogen-bond acceptors (Lipinski definition) is 5. The summed E-state index contributed by atoms with van der Waals surface area (Å²) in [6.07, 6.45) is 1.37. The van der Waals surface area contributed by atoms with Crippen molar-refractivity contribution in [3.63, 3.8) is 0 Å². The minimum Gasteiger partial charge on any atom is -0.493 e. The molecule has 1 atom stereocenters. The summed E-state index contributed by atoms with van der Waals surface area (Å²) < 4.78 is 10.7. The van der Waals surface area contributed by atoms with Crippen molar-refractivity contribution in [2.75, 3.05) is 20.8 Å². The number of fused-ring (bicyclic) bond motifs is 1. The number of rotatable bonds is 4. The monoisotopic (exact) mass is 316 g/mol. The lowest BCUT2D eigenvalue weighted by Gasteiger charge is -2.28. The Labute approximate surface area is 135 Å². The Hall–Kier alpha value is -2.37. The van der Waals surface area contributed by atoms with Gasteiger partial charge in [0, 0.05) is 24.9 Å². The Morgan fingerprint density at radius 1 is 1.04 bits per heavy atom. The molecule has 2 aliphatic rings. The number of hydrogen-bond donors (Lipinski definition) is 0. The molecule has 1 aromatic rings. The third-order valence-electron chi connectivity index (χ3n) is 4.42. The zero-order valence-corrected chi connectivity index (χ0v) is 13.6. The van der Waals surface area contributed by atoms with Crippen LogP contribution in [0.3, 0.4) is 0 Å². The summed E-state index contributed by atoms with van der Waals surface area (Å²) in [6.45, 7) is 2.49. The van der Waals surface area contributed by atoms with E-state index in [2.05, 4.69) is 4.99 Å². The van der Waals surface area contributed by atoms with Crippen molar-refractivity contribution >= 4 is 17.5 Å². The van der Waals surface area contributed by atoms with Crippen LogP contribution in [-0.2, 0) is 16.0 Å². The van der Waals surface area contributed by atoms with E-state index in [0.29, 0.717) is 18.0 Å². The fourth-order valence-corrected chi connectivity index (χ4v) is 3.25. The first-order valence-corrected chi connectivity index (χ1v) is 7.71. The van der Waals surface area contributed by atoms with Gasteiger partial charge in [-0.3, -0.25) is 19.5 Å². The highest BCUT2D eigenvalue weighted by Gasteiger charge is 2.36. The smallest absolute Gasteiger partial charge is 0.230 e. The van der Waals surface area contributed by atoms with Crippen molar-refractivity contribution in [1.29, 1.82) is 0 Å². The van der Waals surface area contributed by atoms with Crippen molar-refractivity contribution < 1.29 is 19.1 Å². The number of imide groups is 1. The van der Waals surface area contributed by atoms with Gasteiger partial charge in [0.2, 0.25) is 11.8 Å². The van der Waals surface area contributed by atoms with Crippen molar-refractivity contribution in [2.45, 2.75) is 32.2 Å². The summed E-state index contributed by atoms with van der Waals surface area (Å²) in [7, 11) is 3.19. The van der Waals surface area contributed by atoms with E-state index in [1.54, 1.807) is 14.2 Å². The van der Waals surface area contributed by atoms with Crippen LogP contribution in [0.2, 0.25) is 0 Å². The number of benzene rings is 1. The van der Waals surface area contributed by atoms with E-state index >= 15 is 0 Å². The molecule has 0 aromatic heterocycles. The molecule has 0 radical (unpaired) electrons. The number of amides is 2. The van der Waals surface area contributed by atoms with Crippen molar-refractivity contribution in [3.05, 3.63) is 23.3 Å². The number of aliphatic imine (C=N–C) groups is 1. The van der Waals surface area contributed by atoms with Gasteiger partial charge in [-0.15, -0.1) is 0 Å². The predicted octanol–water partition coefficient (Wildman–Crippen LogP) is 1.59. The summed E-state index contributed by atoms with van der Waals surface area (Å²) in [4.78, 5) is 29.9. The van der Waals surface area contributed by atoms with Crippen molar-refractivity contribution in [3.8, 4) is 11.5 Å². The molecule has 6 heteroatoms. The summed E-state index contributed by atoms with van der Waals surface area (Å²) in [5, 5.41) is 0. The van der Waals surface area contributed by atoms with Crippen LogP contribution in [0.4, 0.5) is 0 Å². The Kier molecular flexibility index (Phi) is 4.07. The number of methoxy groups -OCH3 is 2. The molecule has 1 unspecified atom stereocenters. The lowest BCUT2D eigenvalue weighted by Crippen LogP contribution is -2.43. The Morgan fingerprint density at radius 3 is 2.26 bits per heavy atom.